The molecule has 20 heavy (non-hydrogen) atoms. The predicted octanol–water partition coefficient (Wildman–Crippen LogP) is 3.83. The Balaban J connectivity index is 1.78. The second-order valence-electron chi connectivity index (χ2n) is 6.71. The molecule has 0 radical (unpaired) electrons. The van der Waals surface area contributed by atoms with Gasteiger partial charge in [-0.05, 0) is 50.1 Å². The largest absolute Gasteiger partial charge is 0.324 e. The van der Waals surface area contributed by atoms with Crippen LogP contribution in [0.5, 0.6) is 0 Å². The Labute approximate surface area is 124 Å². The van der Waals surface area contributed by atoms with E-state index in [4.69, 9.17) is 5.73 Å². The minimum Gasteiger partial charge on any atom is -0.324 e. The third-order valence-corrected chi connectivity index (χ3v) is 4.91. The normalized spacial score (nSPS) is 29.3. The number of benzene rings is 1. The minimum atomic E-state index is 0.186. The zero-order chi connectivity index (χ0) is 14.5. The molecule has 0 bridgehead atoms. The molecule has 0 aromatic heterocycles. The van der Waals surface area contributed by atoms with Crippen LogP contribution in [0.1, 0.15) is 51.6 Å². The monoisotopic (exact) mass is 274 g/mol. The lowest BCUT2D eigenvalue weighted by Gasteiger charge is -2.41. The highest BCUT2D eigenvalue weighted by molar-refractivity contribution is 5.18. The summed E-state index contributed by atoms with van der Waals surface area (Å²) in [5.41, 5.74) is 7.55. The molecule has 1 saturated heterocycles. The van der Waals surface area contributed by atoms with Gasteiger partial charge in [-0.15, -0.1) is 0 Å². The van der Waals surface area contributed by atoms with Crippen LogP contribution in [0.4, 0.5) is 0 Å². The maximum Gasteiger partial charge on any atom is 0.0295 e. The van der Waals surface area contributed by atoms with Crippen LogP contribution in [-0.2, 0) is 0 Å². The molecule has 1 aromatic carbocycles. The first-order valence-corrected chi connectivity index (χ1v) is 8.12. The maximum absolute atomic E-state index is 6.28. The fraction of sp³-hybridized carbons (Fsp3) is 0.667. The van der Waals surface area contributed by atoms with Gasteiger partial charge < -0.3 is 10.6 Å². The first-order chi connectivity index (χ1) is 9.58. The quantitative estimate of drug-likeness (QED) is 0.884. The van der Waals surface area contributed by atoms with E-state index >= 15 is 0 Å². The van der Waals surface area contributed by atoms with E-state index in [0.717, 1.165) is 24.3 Å². The molecule has 4 atom stereocenters. The SMILES string of the molecule is CC1CC(C)C(C)N(CCCC(N)c2ccccc2)C1. The first kappa shape index (κ1) is 15.5. The Morgan fingerprint density at radius 1 is 1.20 bits per heavy atom. The lowest BCUT2D eigenvalue weighted by Crippen LogP contribution is -2.46. The number of likely N-dealkylation sites (tertiary alicyclic amines) is 1. The van der Waals surface area contributed by atoms with E-state index in [9.17, 15) is 0 Å². The third kappa shape index (κ3) is 4.07. The van der Waals surface area contributed by atoms with Crippen LogP contribution in [0, 0.1) is 11.8 Å². The number of rotatable bonds is 5. The van der Waals surface area contributed by atoms with Crippen molar-refractivity contribution in [2.45, 2.75) is 52.1 Å². The number of hydrogen-bond donors (Lipinski definition) is 1. The van der Waals surface area contributed by atoms with Gasteiger partial charge in [-0.3, -0.25) is 0 Å². The number of nitrogens with zero attached hydrogens (tertiary/aromatic N) is 1. The van der Waals surface area contributed by atoms with Crippen molar-refractivity contribution in [3.8, 4) is 0 Å². The van der Waals surface area contributed by atoms with E-state index in [1.807, 2.05) is 0 Å². The molecule has 2 heteroatoms. The summed E-state index contributed by atoms with van der Waals surface area (Å²) in [5.74, 6) is 1.66. The summed E-state index contributed by atoms with van der Waals surface area (Å²) in [6.07, 6.45) is 3.65. The van der Waals surface area contributed by atoms with Gasteiger partial charge in [0, 0.05) is 18.6 Å². The van der Waals surface area contributed by atoms with Crippen LogP contribution in [0.3, 0.4) is 0 Å². The second-order valence-corrected chi connectivity index (χ2v) is 6.71. The van der Waals surface area contributed by atoms with Gasteiger partial charge in [-0.2, -0.15) is 0 Å². The second kappa shape index (κ2) is 7.24. The van der Waals surface area contributed by atoms with E-state index in [1.165, 1.54) is 31.5 Å². The molecule has 0 amide bonds. The van der Waals surface area contributed by atoms with Gasteiger partial charge in [0.05, 0.1) is 0 Å². The van der Waals surface area contributed by atoms with Crippen molar-refractivity contribution in [1.82, 2.24) is 4.90 Å². The molecule has 1 heterocycles. The number of nitrogens with two attached hydrogens (primary N) is 1. The van der Waals surface area contributed by atoms with Gasteiger partial charge in [0.2, 0.25) is 0 Å². The van der Waals surface area contributed by atoms with Crippen molar-refractivity contribution < 1.29 is 0 Å². The maximum atomic E-state index is 6.28. The van der Waals surface area contributed by atoms with E-state index in [2.05, 4.69) is 56.0 Å². The van der Waals surface area contributed by atoms with Crippen molar-refractivity contribution >= 4 is 0 Å². The van der Waals surface area contributed by atoms with Crippen molar-refractivity contribution in [3.05, 3.63) is 35.9 Å². The molecule has 1 aromatic rings. The van der Waals surface area contributed by atoms with Crippen LogP contribution in [-0.4, -0.2) is 24.0 Å². The molecule has 1 aliphatic heterocycles. The fourth-order valence-electron chi connectivity index (χ4n) is 3.51. The zero-order valence-electron chi connectivity index (χ0n) is 13.3. The Kier molecular flexibility index (Phi) is 5.62. The molecule has 0 saturated carbocycles. The third-order valence-electron chi connectivity index (χ3n) is 4.91. The molecule has 1 aliphatic rings. The molecule has 0 spiro atoms. The molecule has 1 fully saturated rings. The lowest BCUT2D eigenvalue weighted by atomic mass is 9.86. The zero-order valence-corrected chi connectivity index (χ0v) is 13.3. The summed E-state index contributed by atoms with van der Waals surface area (Å²) < 4.78 is 0. The van der Waals surface area contributed by atoms with Gasteiger partial charge in [0.15, 0.2) is 0 Å². The van der Waals surface area contributed by atoms with Gasteiger partial charge in [0.1, 0.15) is 0 Å². The highest BCUT2D eigenvalue weighted by atomic mass is 15.2. The highest BCUT2D eigenvalue weighted by Crippen LogP contribution is 2.27. The molecular weight excluding hydrogens is 244 g/mol. The van der Waals surface area contributed by atoms with E-state index < -0.39 is 0 Å². The van der Waals surface area contributed by atoms with Gasteiger partial charge in [-0.1, -0.05) is 44.2 Å². The van der Waals surface area contributed by atoms with Gasteiger partial charge in [-0.25, -0.2) is 0 Å². The summed E-state index contributed by atoms with van der Waals surface area (Å²) in [7, 11) is 0. The number of hydrogen-bond acceptors (Lipinski definition) is 2. The average molecular weight is 274 g/mol. The number of piperidine rings is 1. The van der Waals surface area contributed by atoms with Gasteiger partial charge in [0.25, 0.3) is 0 Å². The molecule has 112 valence electrons. The lowest BCUT2D eigenvalue weighted by molar-refractivity contribution is 0.0777. The van der Waals surface area contributed by atoms with Crippen LogP contribution in [0.2, 0.25) is 0 Å². The molecule has 4 unspecified atom stereocenters. The van der Waals surface area contributed by atoms with Crippen molar-refractivity contribution in [3.63, 3.8) is 0 Å². The summed E-state index contributed by atoms with van der Waals surface area (Å²) >= 11 is 0. The summed E-state index contributed by atoms with van der Waals surface area (Å²) in [5, 5.41) is 0. The molecular formula is C18H30N2. The summed E-state index contributed by atoms with van der Waals surface area (Å²) in [4.78, 5) is 2.66. The Hall–Kier alpha value is -0.860. The molecule has 2 rings (SSSR count). The first-order valence-electron chi connectivity index (χ1n) is 8.12. The van der Waals surface area contributed by atoms with E-state index in [0.29, 0.717) is 0 Å². The summed E-state index contributed by atoms with van der Waals surface area (Å²) in [6.45, 7) is 9.60. The van der Waals surface area contributed by atoms with E-state index in [-0.39, 0.29) is 6.04 Å². The Bertz CT molecular complexity index is 390. The van der Waals surface area contributed by atoms with Crippen LogP contribution >= 0.6 is 0 Å². The van der Waals surface area contributed by atoms with E-state index in [1.54, 1.807) is 0 Å². The Morgan fingerprint density at radius 3 is 2.60 bits per heavy atom. The van der Waals surface area contributed by atoms with Crippen LogP contribution in [0.15, 0.2) is 30.3 Å². The van der Waals surface area contributed by atoms with Crippen LogP contribution < -0.4 is 5.73 Å². The standard InChI is InChI=1S/C18H30N2/c1-14-12-15(2)16(3)20(13-14)11-7-10-18(19)17-8-5-4-6-9-17/h4-6,8-9,14-16,18H,7,10-13,19H2,1-3H3. The Morgan fingerprint density at radius 2 is 1.90 bits per heavy atom. The summed E-state index contributed by atoms with van der Waals surface area (Å²) in [6, 6.07) is 11.4. The van der Waals surface area contributed by atoms with Crippen LogP contribution in [0.25, 0.3) is 0 Å². The van der Waals surface area contributed by atoms with Crippen molar-refractivity contribution in [2.24, 2.45) is 17.6 Å². The van der Waals surface area contributed by atoms with Gasteiger partial charge >= 0.3 is 0 Å². The molecule has 0 aliphatic carbocycles. The molecule has 2 N–H and O–H groups in total. The fourth-order valence-corrected chi connectivity index (χ4v) is 3.51. The van der Waals surface area contributed by atoms with Crippen molar-refractivity contribution in [2.75, 3.05) is 13.1 Å². The highest BCUT2D eigenvalue weighted by Gasteiger charge is 2.28. The smallest absolute Gasteiger partial charge is 0.0295 e. The average Bonchev–Trinajstić information content (AvgIpc) is 2.44. The minimum absolute atomic E-state index is 0.186. The predicted molar refractivity (Wildman–Crippen MR) is 86.6 cm³/mol. The molecule has 2 nitrogen and oxygen atoms in total. The topological polar surface area (TPSA) is 29.3 Å². The van der Waals surface area contributed by atoms with Crippen molar-refractivity contribution in [1.29, 1.82) is 0 Å².